The summed E-state index contributed by atoms with van der Waals surface area (Å²) >= 11 is 4.14. The minimum atomic E-state index is 0. The number of hydrogen-bond donors (Lipinski definition) is 1. The van der Waals surface area contributed by atoms with Gasteiger partial charge in [0, 0.05) is 0 Å². The van der Waals surface area contributed by atoms with Crippen molar-refractivity contribution in [2.24, 2.45) is 0 Å². The Morgan fingerprint density at radius 2 is 0.733 bits per heavy atom. The van der Waals surface area contributed by atoms with Crippen LogP contribution in [0.2, 0.25) is 0 Å². The van der Waals surface area contributed by atoms with Crippen LogP contribution in [0, 0.1) is 0 Å². The molecule has 1 N–H and O–H groups in total. The van der Waals surface area contributed by atoms with E-state index in [1.165, 1.54) is 12.8 Å². The normalized spacial score (nSPS) is 4.07. The lowest BCUT2D eigenvalue weighted by Crippen LogP contribution is -2.57. The summed E-state index contributed by atoms with van der Waals surface area (Å²) in [6.07, 6.45) is 2.50. The molecule has 0 amide bonds. The Morgan fingerprint density at radius 3 is 0.733 bits per heavy atom. The zero-order valence-corrected chi connectivity index (χ0v) is 12.1. The van der Waals surface area contributed by atoms with E-state index in [-0.39, 0.29) is 14.9 Å². The second-order valence-corrected chi connectivity index (χ2v) is 2.03. The van der Waals surface area contributed by atoms with Gasteiger partial charge >= 0.3 is 0 Å². The smallest absolute Gasteiger partial charge is 0.174 e. The van der Waals surface area contributed by atoms with E-state index in [2.05, 4.69) is 44.5 Å². The summed E-state index contributed by atoms with van der Waals surface area (Å²) in [6, 6.07) is 0. The molecule has 0 unspecified atom stereocenters. The average molecular weight is 243 g/mol. The lowest BCUT2D eigenvalue weighted by Gasteiger charge is -1.48. The van der Waals surface area contributed by atoms with Gasteiger partial charge in [0.15, 0.2) is 0 Å². The highest BCUT2D eigenvalue weighted by atomic mass is 32.1. The van der Waals surface area contributed by atoms with E-state index in [1.807, 2.05) is 27.7 Å². The van der Waals surface area contributed by atoms with Gasteiger partial charge in [-0.3, -0.25) is 0 Å². The van der Waals surface area contributed by atoms with Crippen LogP contribution in [-0.2, 0) is 12.4 Å². The van der Waals surface area contributed by atoms with Crippen LogP contribution in [0.3, 0.4) is 0 Å². The van der Waals surface area contributed by atoms with Crippen LogP contribution in [0.4, 0.5) is 0 Å². The second-order valence-electron chi connectivity index (χ2n) is 1.62. The molecule has 102 valence electrons. The van der Waals surface area contributed by atoms with Gasteiger partial charge in [-0.1, -0.05) is 83.1 Å². The van der Waals surface area contributed by atoms with Crippen molar-refractivity contribution in [1.29, 1.82) is 0 Å². The Morgan fingerprint density at radius 1 is 0.733 bits per heavy atom. The standard InChI is InChI=1S/2C3H8.2C2H6.CH3NS.2CH4/c2*1-3-2;2*1-2;1-2-3;;/h2*3H2,1-2H3;2*1-2H3;1H3;2*1H4/p+1. The van der Waals surface area contributed by atoms with Crippen molar-refractivity contribution in [3.05, 3.63) is 0 Å². The Bertz CT molecular complexity index is 29.7. The van der Waals surface area contributed by atoms with Gasteiger partial charge in [0.25, 0.3) is 12.4 Å². The zero-order chi connectivity index (χ0) is 12.1. The number of nitrogens with one attached hydrogen (secondary N) is 1. The Labute approximate surface area is 107 Å². The van der Waals surface area contributed by atoms with E-state index in [0.717, 1.165) is 0 Å². The first kappa shape index (κ1) is 45.9. The molecule has 1 nitrogen and oxygen atoms in total. The molecule has 0 aromatic rings. The van der Waals surface area contributed by atoms with Crippen molar-refractivity contribution in [3.63, 3.8) is 0 Å². The molecule has 0 rings (SSSR count). The van der Waals surface area contributed by atoms with Gasteiger partial charge in [0.2, 0.25) is 0 Å². The maximum atomic E-state index is 4.14. The highest BCUT2D eigenvalue weighted by Crippen LogP contribution is 1.56. The van der Waals surface area contributed by atoms with E-state index in [0.29, 0.717) is 0 Å². The molecular weight excluding hydrogens is 202 g/mol. The van der Waals surface area contributed by atoms with E-state index in [1.54, 1.807) is 7.05 Å². The molecule has 0 fully saturated rings. The third-order valence-electron chi connectivity index (χ3n) is 0. The van der Waals surface area contributed by atoms with E-state index in [9.17, 15) is 0 Å². The molecule has 2 heteroatoms. The molecule has 0 saturated heterocycles. The van der Waals surface area contributed by atoms with Crippen LogP contribution in [-0.4, -0.2) is 7.05 Å². The monoisotopic (exact) mass is 242 g/mol. The van der Waals surface area contributed by atoms with Gasteiger partial charge in [0.1, 0.15) is 7.05 Å². The van der Waals surface area contributed by atoms with Crippen LogP contribution < -0.4 is 4.36 Å². The van der Waals surface area contributed by atoms with Crippen molar-refractivity contribution in [2.45, 2.75) is 83.1 Å². The third-order valence-corrected chi connectivity index (χ3v) is 0. The molecule has 0 aliphatic carbocycles. The Balaban J connectivity index is -0.0000000105. The molecule has 0 aliphatic heterocycles. The predicted molar refractivity (Wildman–Crippen MR) is 82.3 cm³/mol. The molecule has 0 aromatic carbocycles. The molecule has 0 aromatic heterocycles. The fraction of sp³-hybridized carbons (Fsp3) is 1.00. The fourth-order valence-corrected chi connectivity index (χ4v) is 0. The SMILES string of the molecule is C.C.CC.CC.CCC.CCC.C[NH+]=S. The van der Waals surface area contributed by atoms with Gasteiger partial charge in [0.05, 0.1) is 0 Å². The Kier molecular flexibility index (Phi) is 797. The van der Waals surface area contributed by atoms with Crippen molar-refractivity contribution >= 4 is 12.4 Å². The summed E-state index contributed by atoms with van der Waals surface area (Å²) in [5.41, 5.74) is 0. The van der Waals surface area contributed by atoms with Gasteiger partial charge in [-0.05, 0) is 0 Å². The van der Waals surface area contributed by atoms with Crippen LogP contribution in [0.15, 0.2) is 0 Å². The lowest BCUT2D eigenvalue weighted by atomic mass is 10.6. The van der Waals surface area contributed by atoms with Gasteiger partial charge in [-0.25, -0.2) is 0 Å². The maximum absolute atomic E-state index is 4.14. The summed E-state index contributed by atoms with van der Waals surface area (Å²) in [5, 5.41) is 0. The summed E-state index contributed by atoms with van der Waals surface area (Å²) < 4.78 is 2.33. The van der Waals surface area contributed by atoms with Crippen molar-refractivity contribution < 1.29 is 4.36 Å². The molecule has 15 heavy (non-hydrogen) atoms. The van der Waals surface area contributed by atoms with Crippen molar-refractivity contribution in [2.75, 3.05) is 7.05 Å². The molecule has 0 saturated carbocycles. The predicted octanol–water partition coefficient (Wildman–Crippen LogP) is 4.58. The van der Waals surface area contributed by atoms with Gasteiger partial charge in [-0.2, -0.15) is 4.36 Å². The summed E-state index contributed by atoms with van der Waals surface area (Å²) in [6.45, 7) is 16.5. The highest BCUT2D eigenvalue weighted by molar-refractivity contribution is 7.43. The van der Waals surface area contributed by atoms with Crippen LogP contribution in [0.25, 0.3) is 0 Å². The third kappa shape index (κ3) is 5060000. The van der Waals surface area contributed by atoms with E-state index >= 15 is 0 Å². The molecule has 0 atom stereocenters. The minimum absolute atomic E-state index is 0. The maximum Gasteiger partial charge on any atom is 0.261 e. The number of rotatable bonds is 0. The molecule has 0 radical (unpaired) electrons. The molecule has 0 heterocycles. The topological polar surface area (TPSA) is 14.0 Å². The summed E-state index contributed by atoms with van der Waals surface area (Å²) in [5.74, 6) is 0. The van der Waals surface area contributed by atoms with E-state index < -0.39 is 0 Å². The second kappa shape index (κ2) is 261. The average Bonchev–Trinajstić information content (AvgIpc) is 2.14. The van der Waals surface area contributed by atoms with Crippen molar-refractivity contribution in [3.8, 4) is 0 Å². The summed E-state index contributed by atoms with van der Waals surface area (Å²) in [4.78, 5) is 0. The number of hydrogen-bond acceptors (Lipinski definition) is 1. The van der Waals surface area contributed by atoms with Gasteiger partial charge in [-0.15, -0.1) is 0 Å². The molecular formula is C13H40NS+. The van der Waals surface area contributed by atoms with Crippen LogP contribution in [0.1, 0.15) is 83.1 Å². The first-order valence-corrected chi connectivity index (χ1v) is 5.94. The minimum Gasteiger partial charge on any atom is -0.174 e. The molecule has 0 aliphatic rings. The Hall–Kier alpha value is 0.0200. The highest BCUT2D eigenvalue weighted by Gasteiger charge is 1.36. The molecule has 0 bridgehead atoms. The lowest BCUT2D eigenvalue weighted by molar-refractivity contribution is -0.383. The first-order valence-electron chi connectivity index (χ1n) is 5.53. The summed E-state index contributed by atoms with van der Waals surface area (Å²) in [7, 11) is 1.69. The van der Waals surface area contributed by atoms with Crippen LogP contribution >= 0.6 is 0 Å². The first-order chi connectivity index (χ1) is 6.24. The van der Waals surface area contributed by atoms with Crippen LogP contribution in [0.5, 0.6) is 0 Å². The largest absolute Gasteiger partial charge is 0.261 e. The quantitative estimate of drug-likeness (QED) is 0.656. The molecule has 0 spiro atoms. The van der Waals surface area contributed by atoms with E-state index in [4.69, 9.17) is 0 Å². The fourth-order valence-electron chi connectivity index (χ4n) is 0. The van der Waals surface area contributed by atoms with Crippen molar-refractivity contribution in [1.82, 2.24) is 0 Å². The van der Waals surface area contributed by atoms with Gasteiger partial charge < -0.3 is 0 Å². The zero-order valence-electron chi connectivity index (χ0n) is 11.3.